The van der Waals surface area contributed by atoms with Crippen LogP contribution in [0, 0.1) is 0 Å². The van der Waals surface area contributed by atoms with Crippen LogP contribution in [0.25, 0.3) is 0 Å². The third-order valence-electron chi connectivity index (χ3n) is 3.55. The van der Waals surface area contributed by atoms with Crippen molar-refractivity contribution in [3.8, 4) is 11.5 Å². The molecule has 4 heteroatoms. The first-order valence-corrected chi connectivity index (χ1v) is 6.89. The van der Waals surface area contributed by atoms with Crippen LogP contribution in [0.2, 0.25) is 0 Å². The Hall–Kier alpha value is -1.71. The van der Waals surface area contributed by atoms with Gasteiger partial charge in [-0.1, -0.05) is 13.3 Å². The zero-order valence-corrected chi connectivity index (χ0v) is 11.2. The van der Waals surface area contributed by atoms with Gasteiger partial charge in [-0.25, -0.2) is 4.79 Å². The Kier molecular flexibility index (Phi) is 4.30. The van der Waals surface area contributed by atoms with Crippen LogP contribution >= 0.6 is 0 Å². The summed E-state index contributed by atoms with van der Waals surface area (Å²) in [7, 11) is 0. The van der Waals surface area contributed by atoms with Crippen LogP contribution in [0.5, 0.6) is 11.5 Å². The lowest BCUT2D eigenvalue weighted by Crippen LogP contribution is -2.10. The van der Waals surface area contributed by atoms with Crippen molar-refractivity contribution >= 4 is 5.97 Å². The van der Waals surface area contributed by atoms with Crippen molar-refractivity contribution in [2.24, 2.45) is 0 Å². The van der Waals surface area contributed by atoms with Gasteiger partial charge in [0.15, 0.2) is 0 Å². The molecule has 0 aliphatic heterocycles. The largest absolute Gasteiger partial charge is 0.508 e. The Morgan fingerprint density at radius 3 is 2.63 bits per heavy atom. The number of carbonyl (C=O) groups is 1. The fraction of sp³-hybridized carbons (Fsp3) is 0.533. The van der Waals surface area contributed by atoms with Crippen LogP contribution in [0.3, 0.4) is 0 Å². The molecular formula is C15H20O4. The Morgan fingerprint density at radius 2 is 1.95 bits per heavy atom. The molecular weight excluding hydrogens is 244 g/mol. The van der Waals surface area contributed by atoms with E-state index in [4.69, 9.17) is 4.74 Å². The minimum Gasteiger partial charge on any atom is -0.508 e. The number of esters is 1. The molecule has 0 bridgehead atoms. The highest BCUT2D eigenvalue weighted by molar-refractivity contribution is 5.94. The van der Waals surface area contributed by atoms with Gasteiger partial charge in [0.25, 0.3) is 0 Å². The molecule has 0 heterocycles. The van der Waals surface area contributed by atoms with Gasteiger partial charge in [0.05, 0.1) is 6.61 Å². The van der Waals surface area contributed by atoms with Crippen LogP contribution < -0.4 is 0 Å². The number of hydrogen-bond donors (Lipinski definition) is 2. The highest BCUT2D eigenvalue weighted by atomic mass is 16.5. The number of aromatic hydroxyl groups is 2. The number of hydrogen-bond acceptors (Lipinski definition) is 4. The van der Waals surface area contributed by atoms with Gasteiger partial charge in [-0.3, -0.25) is 0 Å². The monoisotopic (exact) mass is 264 g/mol. The molecule has 0 saturated carbocycles. The lowest BCUT2D eigenvalue weighted by molar-refractivity contribution is 0.0495. The molecule has 2 rings (SSSR count). The van der Waals surface area contributed by atoms with Crippen LogP contribution in [-0.4, -0.2) is 22.8 Å². The van der Waals surface area contributed by atoms with Crippen molar-refractivity contribution < 1.29 is 19.7 Å². The topological polar surface area (TPSA) is 66.8 Å². The van der Waals surface area contributed by atoms with Gasteiger partial charge in [-0.2, -0.15) is 0 Å². The van der Waals surface area contributed by atoms with E-state index in [9.17, 15) is 15.0 Å². The third-order valence-corrected chi connectivity index (χ3v) is 3.55. The lowest BCUT2D eigenvalue weighted by Gasteiger charge is -2.20. The summed E-state index contributed by atoms with van der Waals surface area (Å²) in [6.45, 7) is 2.35. The number of ether oxygens (including phenoxy) is 1. The standard InChI is InChI=1S/C15H20O4/c1-2-3-8-19-15(18)12-9-13(16)10-6-4-5-7-11(10)14(12)17/h9,16-17H,2-8H2,1H3. The lowest BCUT2D eigenvalue weighted by atomic mass is 9.88. The average molecular weight is 264 g/mol. The first kappa shape index (κ1) is 13.7. The molecule has 1 aromatic rings. The molecule has 0 saturated heterocycles. The number of phenols is 2. The number of phenolic OH excluding ortho intramolecular Hbond substituents is 2. The quantitative estimate of drug-likeness (QED) is 0.498. The molecule has 0 atom stereocenters. The van der Waals surface area contributed by atoms with Crippen LogP contribution in [0.15, 0.2) is 6.07 Å². The van der Waals surface area contributed by atoms with Gasteiger partial charge in [-0.05, 0) is 38.2 Å². The van der Waals surface area contributed by atoms with Gasteiger partial charge in [0.2, 0.25) is 0 Å². The van der Waals surface area contributed by atoms with Crippen molar-refractivity contribution in [1.29, 1.82) is 0 Å². The van der Waals surface area contributed by atoms with Crippen molar-refractivity contribution in [3.63, 3.8) is 0 Å². The number of rotatable bonds is 4. The molecule has 1 aliphatic rings. The van der Waals surface area contributed by atoms with Crippen molar-refractivity contribution in [2.45, 2.75) is 45.4 Å². The van der Waals surface area contributed by atoms with E-state index in [1.54, 1.807) is 0 Å². The number of benzene rings is 1. The second kappa shape index (κ2) is 5.95. The first-order chi connectivity index (χ1) is 9.15. The average Bonchev–Trinajstić information content (AvgIpc) is 2.43. The van der Waals surface area contributed by atoms with E-state index in [0.717, 1.165) is 37.7 Å². The molecule has 0 radical (unpaired) electrons. The summed E-state index contributed by atoms with van der Waals surface area (Å²) < 4.78 is 5.09. The fourth-order valence-electron chi connectivity index (χ4n) is 2.45. The Balaban J connectivity index is 2.26. The number of fused-ring (bicyclic) bond motifs is 1. The van der Waals surface area contributed by atoms with E-state index in [1.807, 2.05) is 6.92 Å². The highest BCUT2D eigenvalue weighted by Gasteiger charge is 2.23. The normalized spacial score (nSPS) is 13.9. The van der Waals surface area contributed by atoms with Gasteiger partial charge >= 0.3 is 5.97 Å². The third kappa shape index (κ3) is 2.83. The maximum Gasteiger partial charge on any atom is 0.342 e. The van der Waals surface area contributed by atoms with Crippen molar-refractivity contribution in [3.05, 3.63) is 22.8 Å². The fourth-order valence-corrected chi connectivity index (χ4v) is 2.45. The molecule has 2 N–H and O–H groups in total. The SMILES string of the molecule is CCCCOC(=O)c1cc(O)c2c(c1O)CCCC2. The van der Waals surface area contributed by atoms with Gasteiger partial charge in [0, 0.05) is 11.1 Å². The highest BCUT2D eigenvalue weighted by Crippen LogP contribution is 2.38. The number of unbranched alkanes of at least 4 members (excludes halogenated alkanes) is 1. The van der Waals surface area contributed by atoms with Gasteiger partial charge in [0.1, 0.15) is 17.1 Å². The maximum absolute atomic E-state index is 11.9. The Labute approximate surface area is 113 Å². The van der Waals surface area contributed by atoms with E-state index < -0.39 is 5.97 Å². The summed E-state index contributed by atoms with van der Waals surface area (Å²) in [4.78, 5) is 11.9. The molecule has 1 aliphatic carbocycles. The van der Waals surface area contributed by atoms with E-state index >= 15 is 0 Å². The molecule has 0 spiro atoms. The summed E-state index contributed by atoms with van der Waals surface area (Å²) in [5.41, 5.74) is 1.55. The summed E-state index contributed by atoms with van der Waals surface area (Å²) >= 11 is 0. The van der Waals surface area contributed by atoms with Gasteiger partial charge < -0.3 is 14.9 Å². The molecule has 104 valence electrons. The minimum atomic E-state index is -0.561. The van der Waals surface area contributed by atoms with E-state index in [2.05, 4.69) is 0 Å². The minimum absolute atomic E-state index is 0.0194. The van der Waals surface area contributed by atoms with Crippen molar-refractivity contribution in [1.82, 2.24) is 0 Å². The molecule has 0 aromatic heterocycles. The summed E-state index contributed by atoms with van der Waals surface area (Å²) in [5, 5.41) is 20.1. The van der Waals surface area contributed by atoms with Crippen molar-refractivity contribution in [2.75, 3.05) is 6.61 Å². The van der Waals surface area contributed by atoms with Crippen LogP contribution in [0.4, 0.5) is 0 Å². The molecule has 4 nitrogen and oxygen atoms in total. The van der Waals surface area contributed by atoms with E-state index in [1.165, 1.54) is 6.07 Å². The van der Waals surface area contributed by atoms with Gasteiger partial charge in [-0.15, -0.1) is 0 Å². The second-order valence-electron chi connectivity index (χ2n) is 4.95. The first-order valence-electron chi connectivity index (χ1n) is 6.89. The smallest absolute Gasteiger partial charge is 0.342 e. The predicted octanol–water partition coefficient (Wildman–Crippen LogP) is 2.93. The molecule has 0 amide bonds. The van der Waals surface area contributed by atoms with Crippen LogP contribution in [0.1, 0.15) is 54.1 Å². The number of carbonyl (C=O) groups excluding carboxylic acids is 1. The zero-order chi connectivity index (χ0) is 13.8. The summed E-state index contributed by atoms with van der Waals surface area (Å²) in [6.07, 6.45) is 5.15. The Bertz CT molecular complexity index is 480. The van der Waals surface area contributed by atoms with E-state index in [-0.39, 0.29) is 17.1 Å². The summed E-state index contributed by atoms with van der Waals surface area (Å²) in [5.74, 6) is -0.487. The predicted molar refractivity (Wildman–Crippen MR) is 71.6 cm³/mol. The molecule has 1 aromatic carbocycles. The maximum atomic E-state index is 11.9. The Morgan fingerprint density at radius 1 is 1.26 bits per heavy atom. The molecule has 19 heavy (non-hydrogen) atoms. The second-order valence-corrected chi connectivity index (χ2v) is 4.95. The molecule has 0 fully saturated rings. The summed E-state index contributed by atoms with van der Waals surface area (Å²) in [6, 6.07) is 1.33. The zero-order valence-electron chi connectivity index (χ0n) is 11.2. The van der Waals surface area contributed by atoms with E-state index in [0.29, 0.717) is 18.6 Å². The molecule has 0 unspecified atom stereocenters. The van der Waals surface area contributed by atoms with Crippen LogP contribution in [-0.2, 0) is 17.6 Å².